The van der Waals surface area contributed by atoms with Gasteiger partial charge in [-0.15, -0.1) is 0 Å². The number of aliphatic hydroxyl groups is 1. The van der Waals surface area contributed by atoms with Crippen molar-refractivity contribution in [2.45, 2.75) is 18.4 Å². The van der Waals surface area contributed by atoms with E-state index >= 15 is 0 Å². The van der Waals surface area contributed by atoms with Crippen LogP contribution in [-0.4, -0.2) is 30.3 Å². The molecule has 136 valence electrons. The quantitative estimate of drug-likeness (QED) is 0.696. The molecule has 1 aromatic heterocycles. The maximum absolute atomic E-state index is 12.1. The number of fused-ring (bicyclic) bond motifs is 1. The number of benzene rings is 1. The summed E-state index contributed by atoms with van der Waals surface area (Å²) in [6.45, 7) is 0.0261. The smallest absolute Gasteiger partial charge is 0.313 e. The van der Waals surface area contributed by atoms with E-state index in [4.69, 9.17) is 13.9 Å². The molecule has 2 aliphatic rings. The molecule has 2 heterocycles. The van der Waals surface area contributed by atoms with E-state index < -0.39 is 17.4 Å². The number of furan rings is 1. The third-order valence-electron chi connectivity index (χ3n) is 4.56. The molecule has 4 rings (SSSR count). The van der Waals surface area contributed by atoms with Gasteiger partial charge in [-0.3, -0.25) is 9.59 Å². The van der Waals surface area contributed by atoms with E-state index in [1.807, 2.05) is 0 Å². The molecule has 0 saturated heterocycles. The van der Waals surface area contributed by atoms with E-state index in [1.165, 1.54) is 6.26 Å². The molecule has 1 fully saturated rings. The van der Waals surface area contributed by atoms with Crippen LogP contribution in [0.2, 0.25) is 0 Å². The largest absolute Gasteiger partial charge is 0.466 e. The maximum atomic E-state index is 12.1. The van der Waals surface area contributed by atoms with Crippen molar-refractivity contribution >= 4 is 17.5 Å². The predicted molar refractivity (Wildman–Crippen MR) is 89.5 cm³/mol. The van der Waals surface area contributed by atoms with E-state index in [2.05, 4.69) is 10.6 Å². The third kappa shape index (κ3) is 3.11. The van der Waals surface area contributed by atoms with Gasteiger partial charge in [0.2, 0.25) is 6.79 Å². The summed E-state index contributed by atoms with van der Waals surface area (Å²) in [5.41, 5.74) is -0.893. The van der Waals surface area contributed by atoms with Crippen LogP contribution < -0.4 is 20.1 Å². The Labute approximate surface area is 149 Å². The second kappa shape index (κ2) is 6.38. The fourth-order valence-corrected chi connectivity index (χ4v) is 2.98. The number of hydrogen-bond donors (Lipinski definition) is 3. The van der Waals surface area contributed by atoms with Gasteiger partial charge in [-0.1, -0.05) is 0 Å². The molecule has 2 aromatic rings. The number of nitrogens with one attached hydrogen (secondary N) is 2. The van der Waals surface area contributed by atoms with E-state index in [9.17, 15) is 14.7 Å². The van der Waals surface area contributed by atoms with Crippen molar-refractivity contribution < 1.29 is 28.6 Å². The first-order chi connectivity index (χ1) is 12.6. The van der Waals surface area contributed by atoms with Gasteiger partial charge in [0.05, 0.1) is 12.8 Å². The molecule has 8 heteroatoms. The third-order valence-corrected chi connectivity index (χ3v) is 4.56. The Morgan fingerprint density at radius 2 is 1.96 bits per heavy atom. The van der Waals surface area contributed by atoms with Crippen molar-refractivity contribution in [3.63, 3.8) is 0 Å². The van der Waals surface area contributed by atoms with Crippen LogP contribution in [0.15, 0.2) is 41.0 Å². The van der Waals surface area contributed by atoms with Crippen LogP contribution in [0.4, 0.5) is 5.69 Å². The van der Waals surface area contributed by atoms with Crippen LogP contribution in [0.3, 0.4) is 0 Å². The molecule has 1 unspecified atom stereocenters. The van der Waals surface area contributed by atoms with Crippen molar-refractivity contribution in [3.05, 3.63) is 42.4 Å². The average molecular weight is 358 g/mol. The van der Waals surface area contributed by atoms with Gasteiger partial charge >= 0.3 is 11.8 Å². The molecule has 26 heavy (non-hydrogen) atoms. The van der Waals surface area contributed by atoms with Gasteiger partial charge in [0.25, 0.3) is 0 Å². The lowest BCUT2D eigenvalue weighted by Gasteiger charge is -2.26. The second-order valence-corrected chi connectivity index (χ2v) is 6.38. The normalized spacial score (nSPS) is 17.4. The fraction of sp³-hybridized carbons (Fsp3) is 0.333. The van der Waals surface area contributed by atoms with Gasteiger partial charge in [0.15, 0.2) is 11.5 Å². The minimum atomic E-state index is -1.31. The molecule has 3 N–H and O–H groups in total. The molecule has 8 nitrogen and oxygen atoms in total. The minimum absolute atomic E-state index is 0.00544. The topological polar surface area (TPSA) is 110 Å². The number of carbonyl (C=O) groups is 2. The van der Waals surface area contributed by atoms with Crippen molar-refractivity contribution in [1.82, 2.24) is 5.32 Å². The minimum Gasteiger partial charge on any atom is -0.466 e. The van der Waals surface area contributed by atoms with E-state index in [1.54, 1.807) is 30.3 Å². The van der Waals surface area contributed by atoms with Gasteiger partial charge < -0.3 is 29.6 Å². The molecule has 0 radical (unpaired) electrons. The predicted octanol–water partition coefficient (Wildman–Crippen LogP) is 1.36. The van der Waals surface area contributed by atoms with Crippen molar-refractivity contribution in [2.75, 3.05) is 18.7 Å². The van der Waals surface area contributed by atoms with Crippen molar-refractivity contribution in [3.8, 4) is 11.5 Å². The van der Waals surface area contributed by atoms with Crippen LogP contribution in [-0.2, 0) is 15.2 Å². The molecular weight excluding hydrogens is 340 g/mol. The standard InChI is InChI=1S/C18H18N2O6/c21-16(17(22)20-12-5-6-13-14(8-12)26-10-25-13)19-9-18(23,11-3-4-11)15-2-1-7-24-15/h1-2,5-8,11,23H,3-4,9-10H2,(H,19,21)(H,20,22). The van der Waals surface area contributed by atoms with E-state index in [0.717, 1.165) is 12.8 Å². The molecule has 0 spiro atoms. The molecule has 1 saturated carbocycles. The fourth-order valence-electron chi connectivity index (χ4n) is 2.98. The Hall–Kier alpha value is -3.00. The van der Waals surface area contributed by atoms with Crippen LogP contribution in [0, 0.1) is 5.92 Å². The summed E-state index contributed by atoms with van der Waals surface area (Å²) in [7, 11) is 0. The highest BCUT2D eigenvalue weighted by atomic mass is 16.7. The van der Waals surface area contributed by atoms with Crippen LogP contribution in [0.5, 0.6) is 11.5 Å². The molecule has 0 bridgehead atoms. The van der Waals surface area contributed by atoms with Crippen molar-refractivity contribution in [1.29, 1.82) is 0 Å². The molecular formula is C18H18N2O6. The lowest BCUT2D eigenvalue weighted by atomic mass is 9.94. The summed E-state index contributed by atoms with van der Waals surface area (Å²) in [6, 6.07) is 8.19. The second-order valence-electron chi connectivity index (χ2n) is 6.38. The summed E-state index contributed by atoms with van der Waals surface area (Å²) in [5, 5.41) is 15.9. The summed E-state index contributed by atoms with van der Waals surface area (Å²) in [4.78, 5) is 24.2. The number of ether oxygens (including phenoxy) is 2. The monoisotopic (exact) mass is 358 g/mol. The zero-order chi connectivity index (χ0) is 18.1. The average Bonchev–Trinajstić information content (AvgIpc) is 3.16. The highest BCUT2D eigenvalue weighted by molar-refractivity contribution is 6.39. The SMILES string of the molecule is O=C(NCC(O)(c1ccco1)C1CC1)C(=O)Nc1ccc2c(c1)OCO2. The Kier molecular flexibility index (Phi) is 4.04. The Balaban J connectivity index is 1.37. The van der Waals surface area contributed by atoms with Gasteiger partial charge in [0, 0.05) is 11.8 Å². The Morgan fingerprint density at radius 3 is 2.69 bits per heavy atom. The highest BCUT2D eigenvalue weighted by Crippen LogP contribution is 2.45. The van der Waals surface area contributed by atoms with Gasteiger partial charge in [0.1, 0.15) is 11.4 Å². The Morgan fingerprint density at radius 1 is 1.15 bits per heavy atom. The van der Waals surface area contributed by atoms with Gasteiger partial charge in [-0.2, -0.15) is 0 Å². The summed E-state index contributed by atoms with van der Waals surface area (Å²) < 4.78 is 15.7. The molecule has 1 aliphatic heterocycles. The summed E-state index contributed by atoms with van der Waals surface area (Å²) in [5.74, 6) is -0.193. The van der Waals surface area contributed by atoms with E-state index in [0.29, 0.717) is 22.9 Å². The lowest BCUT2D eigenvalue weighted by molar-refractivity contribution is -0.137. The van der Waals surface area contributed by atoms with E-state index in [-0.39, 0.29) is 19.3 Å². The summed E-state index contributed by atoms with van der Waals surface area (Å²) >= 11 is 0. The first kappa shape index (κ1) is 16.5. The molecule has 1 aromatic carbocycles. The maximum Gasteiger partial charge on any atom is 0.313 e. The van der Waals surface area contributed by atoms with Gasteiger partial charge in [-0.25, -0.2) is 0 Å². The van der Waals surface area contributed by atoms with Gasteiger partial charge in [-0.05, 0) is 43.0 Å². The number of carbonyl (C=O) groups excluding carboxylic acids is 2. The Bertz CT molecular complexity index is 830. The number of hydrogen-bond acceptors (Lipinski definition) is 6. The van der Waals surface area contributed by atoms with Crippen LogP contribution in [0.1, 0.15) is 18.6 Å². The summed E-state index contributed by atoms with van der Waals surface area (Å²) in [6.07, 6.45) is 3.16. The molecule has 1 atom stereocenters. The van der Waals surface area contributed by atoms with Crippen LogP contribution >= 0.6 is 0 Å². The first-order valence-corrected chi connectivity index (χ1v) is 8.31. The number of rotatable bonds is 5. The number of anilines is 1. The van der Waals surface area contributed by atoms with Crippen LogP contribution in [0.25, 0.3) is 0 Å². The molecule has 1 aliphatic carbocycles. The van der Waals surface area contributed by atoms with Crippen molar-refractivity contribution in [2.24, 2.45) is 5.92 Å². The molecule has 2 amide bonds. The lowest BCUT2D eigenvalue weighted by Crippen LogP contribution is -2.45. The zero-order valence-corrected chi connectivity index (χ0v) is 13.9. The highest BCUT2D eigenvalue weighted by Gasteiger charge is 2.47. The number of amides is 2. The zero-order valence-electron chi connectivity index (χ0n) is 13.9. The first-order valence-electron chi connectivity index (χ1n) is 8.31.